The highest BCUT2D eigenvalue weighted by Gasteiger charge is 2.16. The number of carbonyl (C=O) groups is 1. The Hall–Kier alpha value is -1.42. The van der Waals surface area contributed by atoms with E-state index in [0.717, 1.165) is 0 Å². The van der Waals surface area contributed by atoms with Gasteiger partial charge < -0.3 is 10.5 Å². The second kappa shape index (κ2) is 5.34. The van der Waals surface area contributed by atoms with Crippen LogP contribution in [0.5, 0.6) is 5.75 Å². The van der Waals surface area contributed by atoms with Crippen LogP contribution in [0.1, 0.15) is 13.3 Å². The van der Waals surface area contributed by atoms with Gasteiger partial charge in [0.2, 0.25) is 0 Å². The van der Waals surface area contributed by atoms with E-state index >= 15 is 0 Å². The normalized spacial score (nSPS) is 12.1. The third-order valence-corrected chi connectivity index (χ3v) is 1.96. The van der Waals surface area contributed by atoms with Crippen molar-refractivity contribution < 1.29 is 9.53 Å². The highest BCUT2D eigenvalue weighted by atomic mass is 16.5. The van der Waals surface area contributed by atoms with Gasteiger partial charge in [0, 0.05) is 12.7 Å². The number of rotatable bonds is 4. The summed E-state index contributed by atoms with van der Waals surface area (Å²) in [6, 6.07) is 3.40. The number of pyridine rings is 1. The lowest BCUT2D eigenvalue weighted by molar-refractivity contribution is -0.138. The van der Waals surface area contributed by atoms with Crippen LogP contribution in [-0.2, 0) is 4.79 Å². The predicted molar refractivity (Wildman–Crippen MR) is 52.7 cm³/mol. The molecular weight excluding hydrogens is 180 g/mol. The molecule has 1 heterocycles. The van der Waals surface area contributed by atoms with Crippen molar-refractivity contribution in [3.63, 3.8) is 0 Å². The van der Waals surface area contributed by atoms with Gasteiger partial charge in [-0.1, -0.05) is 6.92 Å². The molecule has 0 fully saturated rings. The van der Waals surface area contributed by atoms with Crippen molar-refractivity contribution >= 4 is 5.97 Å². The smallest absolute Gasteiger partial charge is 0.315 e. The highest BCUT2D eigenvalue weighted by Crippen LogP contribution is 2.10. The SMILES string of the molecule is CC[C@@H](CN)C(=O)Oc1cccnc1. The molecule has 1 aromatic heterocycles. The first-order valence-electron chi connectivity index (χ1n) is 4.59. The third-order valence-electron chi connectivity index (χ3n) is 1.96. The molecular formula is C10H14N2O2. The van der Waals surface area contributed by atoms with Crippen molar-refractivity contribution in [1.29, 1.82) is 0 Å². The van der Waals surface area contributed by atoms with E-state index < -0.39 is 0 Å². The molecule has 2 N–H and O–H groups in total. The van der Waals surface area contributed by atoms with Gasteiger partial charge in [0.05, 0.1) is 12.1 Å². The maximum atomic E-state index is 11.4. The molecule has 0 saturated heterocycles. The molecule has 0 aliphatic carbocycles. The summed E-state index contributed by atoms with van der Waals surface area (Å²) >= 11 is 0. The van der Waals surface area contributed by atoms with Crippen molar-refractivity contribution in [2.45, 2.75) is 13.3 Å². The highest BCUT2D eigenvalue weighted by molar-refractivity contribution is 5.75. The number of hydrogen-bond donors (Lipinski definition) is 1. The summed E-state index contributed by atoms with van der Waals surface area (Å²) in [5.74, 6) is -0.0531. The molecule has 1 atom stereocenters. The van der Waals surface area contributed by atoms with E-state index in [1.54, 1.807) is 18.3 Å². The maximum Gasteiger partial charge on any atom is 0.315 e. The number of ether oxygens (including phenoxy) is 1. The van der Waals surface area contributed by atoms with E-state index in [2.05, 4.69) is 4.98 Å². The van der Waals surface area contributed by atoms with Crippen molar-refractivity contribution in [3.05, 3.63) is 24.5 Å². The Morgan fingerprint density at radius 2 is 2.50 bits per heavy atom. The Kier molecular flexibility index (Phi) is 4.07. The molecule has 0 radical (unpaired) electrons. The van der Waals surface area contributed by atoms with Gasteiger partial charge in [-0.2, -0.15) is 0 Å². The van der Waals surface area contributed by atoms with Gasteiger partial charge in [0.25, 0.3) is 0 Å². The average Bonchev–Trinajstić information content (AvgIpc) is 2.21. The van der Waals surface area contributed by atoms with Gasteiger partial charge >= 0.3 is 5.97 Å². The number of esters is 1. The lowest BCUT2D eigenvalue weighted by Gasteiger charge is -2.10. The van der Waals surface area contributed by atoms with Crippen LogP contribution in [0.25, 0.3) is 0 Å². The van der Waals surface area contributed by atoms with Crippen molar-refractivity contribution in [3.8, 4) is 5.75 Å². The van der Waals surface area contributed by atoms with E-state index in [4.69, 9.17) is 10.5 Å². The van der Waals surface area contributed by atoms with Gasteiger partial charge in [0.1, 0.15) is 5.75 Å². The average molecular weight is 194 g/mol. The number of hydrogen-bond acceptors (Lipinski definition) is 4. The maximum absolute atomic E-state index is 11.4. The van der Waals surface area contributed by atoms with Crippen LogP contribution in [0.3, 0.4) is 0 Å². The summed E-state index contributed by atoms with van der Waals surface area (Å²) in [7, 11) is 0. The molecule has 0 bridgehead atoms. The minimum Gasteiger partial charge on any atom is -0.425 e. The summed E-state index contributed by atoms with van der Waals surface area (Å²) in [4.78, 5) is 15.3. The zero-order chi connectivity index (χ0) is 10.4. The number of carbonyl (C=O) groups excluding carboxylic acids is 1. The lowest BCUT2D eigenvalue weighted by atomic mass is 10.1. The van der Waals surface area contributed by atoms with Crippen molar-refractivity contribution in [1.82, 2.24) is 4.98 Å². The Bertz CT molecular complexity index is 283. The van der Waals surface area contributed by atoms with E-state index in [-0.39, 0.29) is 11.9 Å². The van der Waals surface area contributed by atoms with Crippen LogP contribution in [0.4, 0.5) is 0 Å². The van der Waals surface area contributed by atoms with Crippen LogP contribution in [0.15, 0.2) is 24.5 Å². The van der Waals surface area contributed by atoms with Crippen molar-refractivity contribution in [2.75, 3.05) is 6.54 Å². The second-order valence-electron chi connectivity index (χ2n) is 2.95. The molecule has 4 heteroatoms. The first-order valence-corrected chi connectivity index (χ1v) is 4.59. The molecule has 4 nitrogen and oxygen atoms in total. The van der Waals surface area contributed by atoms with Crippen LogP contribution >= 0.6 is 0 Å². The Morgan fingerprint density at radius 1 is 1.71 bits per heavy atom. The number of nitrogens with two attached hydrogens (primary N) is 1. The molecule has 14 heavy (non-hydrogen) atoms. The Morgan fingerprint density at radius 3 is 3.00 bits per heavy atom. The summed E-state index contributed by atoms with van der Waals surface area (Å²) < 4.78 is 5.08. The molecule has 1 rings (SSSR count). The standard InChI is InChI=1S/C10H14N2O2/c1-2-8(6-11)10(13)14-9-4-3-5-12-7-9/h3-5,7-8H,2,6,11H2,1H3/t8-/m0/s1. The van der Waals surface area contributed by atoms with Crippen molar-refractivity contribution in [2.24, 2.45) is 11.7 Å². The topological polar surface area (TPSA) is 65.2 Å². The predicted octanol–water partition coefficient (Wildman–Crippen LogP) is 0.972. The van der Waals surface area contributed by atoms with Crippen LogP contribution in [0.2, 0.25) is 0 Å². The number of aromatic nitrogens is 1. The molecule has 1 aromatic rings. The third kappa shape index (κ3) is 2.81. The molecule has 0 aliphatic heterocycles. The Balaban J connectivity index is 2.57. The van der Waals surface area contributed by atoms with Gasteiger partial charge in [-0.15, -0.1) is 0 Å². The van der Waals surface area contributed by atoms with Gasteiger partial charge in [-0.05, 0) is 18.6 Å². The van der Waals surface area contributed by atoms with E-state index in [1.807, 2.05) is 6.92 Å². The molecule has 0 amide bonds. The molecule has 0 unspecified atom stereocenters. The number of nitrogens with zero attached hydrogens (tertiary/aromatic N) is 1. The zero-order valence-electron chi connectivity index (χ0n) is 8.14. The van der Waals surface area contributed by atoms with E-state index in [1.165, 1.54) is 6.20 Å². The largest absolute Gasteiger partial charge is 0.425 e. The first kappa shape index (κ1) is 10.7. The van der Waals surface area contributed by atoms with E-state index in [0.29, 0.717) is 18.7 Å². The first-order chi connectivity index (χ1) is 6.77. The fraction of sp³-hybridized carbons (Fsp3) is 0.400. The van der Waals surface area contributed by atoms with Crippen LogP contribution in [0, 0.1) is 5.92 Å². The van der Waals surface area contributed by atoms with Gasteiger partial charge in [-0.25, -0.2) is 0 Å². The fourth-order valence-electron chi connectivity index (χ4n) is 1.04. The summed E-state index contributed by atoms with van der Waals surface area (Å²) in [6.45, 7) is 2.22. The summed E-state index contributed by atoms with van der Waals surface area (Å²) in [5.41, 5.74) is 5.42. The fourth-order valence-corrected chi connectivity index (χ4v) is 1.04. The van der Waals surface area contributed by atoms with Crippen LogP contribution in [-0.4, -0.2) is 17.5 Å². The van der Waals surface area contributed by atoms with Crippen LogP contribution < -0.4 is 10.5 Å². The molecule has 0 spiro atoms. The molecule has 0 aromatic carbocycles. The molecule has 0 saturated carbocycles. The van der Waals surface area contributed by atoms with Gasteiger partial charge in [0.15, 0.2) is 0 Å². The molecule has 0 aliphatic rings. The monoisotopic (exact) mass is 194 g/mol. The minimum absolute atomic E-state index is 0.227. The summed E-state index contributed by atoms with van der Waals surface area (Å²) in [5, 5.41) is 0. The quantitative estimate of drug-likeness (QED) is 0.725. The summed E-state index contributed by atoms with van der Waals surface area (Å²) in [6.07, 6.45) is 3.81. The zero-order valence-corrected chi connectivity index (χ0v) is 8.14. The van der Waals surface area contributed by atoms with Gasteiger partial charge in [-0.3, -0.25) is 9.78 Å². The second-order valence-corrected chi connectivity index (χ2v) is 2.95. The minimum atomic E-state index is -0.289. The van der Waals surface area contributed by atoms with E-state index in [9.17, 15) is 4.79 Å². The Labute approximate surface area is 83.1 Å². The molecule has 76 valence electrons. The lowest BCUT2D eigenvalue weighted by Crippen LogP contribution is -2.27.